The molecular weight excluding hydrogens is 350 g/mol. The molecule has 1 atom stereocenters. The number of hydrogen-bond donors (Lipinski definition) is 0. The number of hydrogen-bond acceptors (Lipinski definition) is 4. The number of rotatable bonds is 8. The van der Waals surface area contributed by atoms with Crippen molar-refractivity contribution >= 4 is 21.6 Å². The van der Waals surface area contributed by atoms with Crippen molar-refractivity contribution in [2.45, 2.75) is 57.4 Å². The fourth-order valence-electron chi connectivity index (χ4n) is 2.84. The number of nitrogens with zero attached hydrogens (tertiary/aromatic N) is 1. The van der Waals surface area contributed by atoms with Crippen LogP contribution in [0.15, 0.2) is 53.1 Å². The molecule has 1 aliphatic rings. The minimum atomic E-state index is -3.81. The van der Waals surface area contributed by atoms with Crippen molar-refractivity contribution < 1.29 is 18.0 Å². The lowest BCUT2D eigenvalue weighted by molar-refractivity contribution is -0.119. The molecule has 0 aliphatic carbocycles. The summed E-state index contributed by atoms with van der Waals surface area (Å²) in [6.45, 7) is 5.54. The van der Waals surface area contributed by atoms with Crippen LogP contribution in [0.5, 0.6) is 0 Å². The summed E-state index contributed by atoms with van der Waals surface area (Å²) >= 11 is 0. The lowest BCUT2D eigenvalue weighted by Crippen LogP contribution is -2.38. The highest BCUT2D eigenvalue weighted by Crippen LogP contribution is 2.26. The molecule has 0 fully saturated rings. The van der Waals surface area contributed by atoms with E-state index in [4.69, 9.17) is 0 Å². The zero-order valence-electron chi connectivity index (χ0n) is 15.4. The van der Waals surface area contributed by atoms with E-state index in [9.17, 15) is 18.0 Å². The molecule has 0 radical (unpaired) electrons. The van der Waals surface area contributed by atoms with Crippen molar-refractivity contribution in [3.63, 3.8) is 0 Å². The summed E-state index contributed by atoms with van der Waals surface area (Å²) in [7, 11) is -3.81. The van der Waals surface area contributed by atoms with Gasteiger partial charge in [-0.15, -0.1) is 0 Å². The molecule has 1 aromatic rings. The zero-order chi connectivity index (χ0) is 19.3. The zero-order valence-corrected chi connectivity index (χ0v) is 16.3. The van der Waals surface area contributed by atoms with Crippen molar-refractivity contribution in [2.75, 3.05) is 0 Å². The highest BCUT2D eigenvalue weighted by atomic mass is 32.2. The van der Waals surface area contributed by atoms with Gasteiger partial charge >= 0.3 is 0 Å². The third-order valence-corrected chi connectivity index (χ3v) is 6.12. The molecule has 0 saturated carbocycles. The van der Waals surface area contributed by atoms with E-state index in [-0.39, 0.29) is 22.9 Å². The predicted molar refractivity (Wildman–Crippen MR) is 101 cm³/mol. The first-order valence-electron chi connectivity index (χ1n) is 8.84. The molecule has 1 heterocycles. The van der Waals surface area contributed by atoms with Crippen molar-refractivity contribution in [2.24, 2.45) is 0 Å². The Bertz CT molecular complexity index is 835. The lowest BCUT2D eigenvalue weighted by atomic mass is 9.99. The second-order valence-electron chi connectivity index (χ2n) is 6.42. The first-order valence-corrected chi connectivity index (χ1v) is 10.3. The van der Waals surface area contributed by atoms with Crippen LogP contribution >= 0.6 is 0 Å². The van der Waals surface area contributed by atoms with Gasteiger partial charge in [0.2, 0.25) is 0 Å². The van der Waals surface area contributed by atoms with Gasteiger partial charge in [-0.2, -0.15) is 0 Å². The molecule has 6 heteroatoms. The Labute approximate surface area is 155 Å². The SMILES string of the molecule is CCCC(=O)CC1C=C(C(=O)CC)C=CN1S(=O)(=O)c1ccc(C)cc1. The molecule has 0 amide bonds. The summed E-state index contributed by atoms with van der Waals surface area (Å²) in [4.78, 5) is 24.3. The van der Waals surface area contributed by atoms with E-state index in [0.717, 1.165) is 5.56 Å². The van der Waals surface area contributed by atoms with E-state index in [1.54, 1.807) is 37.3 Å². The van der Waals surface area contributed by atoms with Gasteiger partial charge in [-0.25, -0.2) is 8.42 Å². The molecule has 0 spiro atoms. The number of Topliss-reactive ketones (excluding diaryl/α,β-unsaturated/α-hetero) is 2. The first-order chi connectivity index (χ1) is 12.3. The standard InChI is InChI=1S/C20H25NO4S/c1-4-6-18(22)14-17-13-16(20(23)5-2)11-12-21(17)26(24,25)19-9-7-15(3)8-10-19/h7-13,17H,4-6,14H2,1-3H3. The quantitative estimate of drug-likeness (QED) is 0.697. The molecule has 1 aromatic carbocycles. The van der Waals surface area contributed by atoms with Gasteiger partial charge in [-0.3, -0.25) is 13.9 Å². The third kappa shape index (κ3) is 4.49. The van der Waals surface area contributed by atoms with Gasteiger partial charge in [0.05, 0.1) is 10.9 Å². The monoisotopic (exact) mass is 375 g/mol. The summed E-state index contributed by atoms with van der Waals surface area (Å²) in [5, 5.41) is 0. The fourth-order valence-corrected chi connectivity index (χ4v) is 4.28. The second-order valence-corrected chi connectivity index (χ2v) is 8.27. The van der Waals surface area contributed by atoms with E-state index < -0.39 is 16.1 Å². The Morgan fingerprint density at radius 3 is 2.35 bits per heavy atom. The maximum absolute atomic E-state index is 13.0. The molecule has 140 valence electrons. The third-order valence-electron chi connectivity index (χ3n) is 4.30. The van der Waals surface area contributed by atoms with E-state index in [2.05, 4.69) is 0 Å². The topological polar surface area (TPSA) is 71.5 Å². The van der Waals surface area contributed by atoms with Crippen molar-refractivity contribution in [1.29, 1.82) is 0 Å². The molecular formula is C20H25NO4S. The van der Waals surface area contributed by atoms with Gasteiger partial charge in [0.25, 0.3) is 10.0 Å². The van der Waals surface area contributed by atoms with E-state index in [1.807, 2.05) is 13.8 Å². The van der Waals surface area contributed by atoms with Gasteiger partial charge in [0.15, 0.2) is 5.78 Å². The molecule has 0 saturated heterocycles. The van der Waals surface area contributed by atoms with Crippen molar-refractivity contribution in [3.05, 3.63) is 53.8 Å². The minimum Gasteiger partial charge on any atom is -0.300 e. The van der Waals surface area contributed by atoms with Crippen LogP contribution < -0.4 is 0 Å². The molecule has 2 rings (SSSR count). The minimum absolute atomic E-state index is 0.0172. The van der Waals surface area contributed by atoms with Crippen LogP contribution in [0, 0.1) is 6.92 Å². The predicted octanol–water partition coefficient (Wildman–Crippen LogP) is 3.55. The number of benzene rings is 1. The Morgan fingerprint density at radius 2 is 1.77 bits per heavy atom. The fraction of sp³-hybridized carbons (Fsp3) is 0.400. The highest BCUT2D eigenvalue weighted by Gasteiger charge is 2.31. The summed E-state index contributed by atoms with van der Waals surface area (Å²) in [6, 6.07) is 5.90. The molecule has 1 aliphatic heterocycles. The highest BCUT2D eigenvalue weighted by molar-refractivity contribution is 7.89. The second kappa shape index (κ2) is 8.45. The summed E-state index contributed by atoms with van der Waals surface area (Å²) in [5.74, 6) is -0.0852. The average Bonchev–Trinajstić information content (AvgIpc) is 2.61. The molecule has 5 nitrogen and oxygen atoms in total. The van der Waals surface area contributed by atoms with Crippen LogP contribution in [0.4, 0.5) is 0 Å². The largest absolute Gasteiger partial charge is 0.300 e. The van der Waals surface area contributed by atoms with Crippen molar-refractivity contribution in [1.82, 2.24) is 4.31 Å². The molecule has 26 heavy (non-hydrogen) atoms. The van der Waals surface area contributed by atoms with Crippen LogP contribution in [0.2, 0.25) is 0 Å². The number of sulfonamides is 1. The Balaban J connectivity index is 2.39. The Morgan fingerprint density at radius 1 is 1.12 bits per heavy atom. The van der Waals surface area contributed by atoms with E-state index in [1.165, 1.54) is 16.6 Å². The number of ketones is 2. The van der Waals surface area contributed by atoms with Crippen LogP contribution in [0.3, 0.4) is 0 Å². The summed E-state index contributed by atoms with van der Waals surface area (Å²) in [5.41, 5.74) is 1.42. The van der Waals surface area contributed by atoms with Gasteiger partial charge in [0.1, 0.15) is 5.78 Å². The van der Waals surface area contributed by atoms with Crippen molar-refractivity contribution in [3.8, 4) is 0 Å². The first kappa shape index (κ1) is 20.1. The molecule has 0 aromatic heterocycles. The van der Waals surface area contributed by atoms with E-state index in [0.29, 0.717) is 24.8 Å². The average molecular weight is 375 g/mol. The van der Waals surface area contributed by atoms with Gasteiger partial charge in [-0.05, 0) is 37.6 Å². The summed E-state index contributed by atoms with van der Waals surface area (Å²) < 4.78 is 27.3. The number of carbonyl (C=O) groups is 2. The summed E-state index contributed by atoms with van der Waals surface area (Å²) in [6.07, 6.45) is 6.01. The Hall–Kier alpha value is -2.21. The van der Waals surface area contributed by atoms with Gasteiger partial charge in [-0.1, -0.05) is 31.5 Å². The maximum Gasteiger partial charge on any atom is 0.264 e. The van der Waals surface area contributed by atoms with E-state index >= 15 is 0 Å². The molecule has 0 bridgehead atoms. The maximum atomic E-state index is 13.0. The number of carbonyl (C=O) groups excluding carboxylic acids is 2. The Kier molecular flexibility index (Phi) is 6.53. The van der Waals surface area contributed by atoms with Crippen LogP contribution in [0.1, 0.15) is 45.1 Å². The molecule has 1 unspecified atom stereocenters. The van der Waals surface area contributed by atoms with Crippen LogP contribution in [-0.4, -0.2) is 30.3 Å². The smallest absolute Gasteiger partial charge is 0.264 e. The van der Waals surface area contributed by atoms with Gasteiger partial charge in [0, 0.05) is 31.0 Å². The lowest BCUT2D eigenvalue weighted by Gasteiger charge is -2.30. The number of allylic oxidation sites excluding steroid dienone is 2. The van der Waals surface area contributed by atoms with Crippen LogP contribution in [0.25, 0.3) is 0 Å². The molecule has 0 N–H and O–H groups in total. The van der Waals surface area contributed by atoms with Gasteiger partial charge < -0.3 is 0 Å². The number of aryl methyl sites for hydroxylation is 1. The van der Waals surface area contributed by atoms with Crippen LogP contribution in [-0.2, 0) is 19.6 Å². The normalized spacial score (nSPS) is 17.1.